The molecule has 2 heterocycles. The zero-order valence-corrected chi connectivity index (χ0v) is 15.7. The largest absolute Gasteiger partial charge is 0.378 e. The molecule has 2 N–H and O–H groups in total. The summed E-state index contributed by atoms with van der Waals surface area (Å²) >= 11 is 0. The number of carbonyl (C=O) groups is 3. The van der Waals surface area contributed by atoms with Crippen molar-refractivity contribution >= 4 is 29.2 Å². The predicted octanol–water partition coefficient (Wildman–Crippen LogP) is 1.43. The molecule has 0 aliphatic carbocycles. The monoisotopic (exact) mass is 374 g/mol. The first kappa shape index (κ1) is 19.2. The minimum absolute atomic E-state index is 0.276. The summed E-state index contributed by atoms with van der Waals surface area (Å²) in [5, 5.41) is 5.38. The van der Waals surface area contributed by atoms with Gasteiger partial charge in [-0.05, 0) is 36.6 Å². The summed E-state index contributed by atoms with van der Waals surface area (Å²) in [6.45, 7) is 6.78. The van der Waals surface area contributed by atoms with Crippen molar-refractivity contribution < 1.29 is 19.1 Å². The third-order valence-corrected chi connectivity index (χ3v) is 4.64. The van der Waals surface area contributed by atoms with E-state index in [0.29, 0.717) is 25.3 Å². The summed E-state index contributed by atoms with van der Waals surface area (Å²) in [7, 11) is 0. The lowest BCUT2D eigenvalue weighted by molar-refractivity contribution is -0.131. The highest BCUT2D eigenvalue weighted by Gasteiger charge is 2.38. The summed E-state index contributed by atoms with van der Waals surface area (Å²) in [5.74, 6) is -0.465. The number of nitrogens with one attached hydrogen (secondary N) is 2. The highest BCUT2D eigenvalue weighted by atomic mass is 16.5. The van der Waals surface area contributed by atoms with Crippen molar-refractivity contribution in [1.29, 1.82) is 0 Å². The van der Waals surface area contributed by atoms with Crippen molar-refractivity contribution in [2.24, 2.45) is 5.92 Å². The van der Waals surface area contributed by atoms with Gasteiger partial charge in [0.25, 0.3) is 5.91 Å². The molecule has 0 radical (unpaired) electrons. The molecule has 8 heteroatoms. The van der Waals surface area contributed by atoms with Crippen LogP contribution in [-0.2, 0) is 14.3 Å². The fourth-order valence-corrected chi connectivity index (χ4v) is 3.28. The molecule has 2 aliphatic heterocycles. The van der Waals surface area contributed by atoms with E-state index < -0.39 is 18.0 Å². The molecule has 3 rings (SSSR count). The molecule has 2 saturated heterocycles. The van der Waals surface area contributed by atoms with Crippen molar-refractivity contribution in [3.05, 3.63) is 24.3 Å². The molecular formula is C19H26N4O4. The number of anilines is 2. The number of nitrogens with zero attached hydrogens (tertiary/aromatic N) is 2. The Morgan fingerprint density at radius 3 is 2.52 bits per heavy atom. The van der Waals surface area contributed by atoms with E-state index in [0.717, 1.165) is 23.7 Å². The van der Waals surface area contributed by atoms with Crippen LogP contribution in [0.5, 0.6) is 0 Å². The second kappa shape index (κ2) is 8.39. The van der Waals surface area contributed by atoms with Crippen molar-refractivity contribution in [3.63, 3.8) is 0 Å². The number of imide groups is 1. The molecule has 1 atom stereocenters. The van der Waals surface area contributed by atoms with E-state index in [2.05, 4.69) is 15.5 Å². The Bertz CT molecular complexity index is 698. The average Bonchev–Trinajstić information content (AvgIpc) is 2.90. The van der Waals surface area contributed by atoms with E-state index in [1.54, 1.807) is 0 Å². The molecule has 0 spiro atoms. The number of carbonyl (C=O) groups excluding carboxylic acids is 3. The topological polar surface area (TPSA) is 91.0 Å². The molecule has 1 aromatic rings. The molecule has 27 heavy (non-hydrogen) atoms. The lowest BCUT2D eigenvalue weighted by atomic mass is 10.0. The van der Waals surface area contributed by atoms with Gasteiger partial charge in [0.05, 0.1) is 13.2 Å². The Morgan fingerprint density at radius 2 is 1.89 bits per heavy atom. The van der Waals surface area contributed by atoms with Gasteiger partial charge >= 0.3 is 6.03 Å². The van der Waals surface area contributed by atoms with Gasteiger partial charge in [0.1, 0.15) is 12.6 Å². The van der Waals surface area contributed by atoms with Crippen molar-refractivity contribution in [1.82, 2.24) is 10.2 Å². The van der Waals surface area contributed by atoms with Gasteiger partial charge in [-0.25, -0.2) is 4.79 Å². The summed E-state index contributed by atoms with van der Waals surface area (Å²) < 4.78 is 5.34. The zero-order chi connectivity index (χ0) is 19.4. The average molecular weight is 374 g/mol. The quantitative estimate of drug-likeness (QED) is 0.735. The van der Waals surface area contributed by atoms with Gasteiger partial charge < -0.3 is 20.3 Å². The Hall–Kier alpha value is -2.61. The molecule has 0 aromatic heterocycles. The number of amides is 4. The van der Waals surface area contributed by atoms with Crippen LogP contribution >= 0.6 is 0 Å². The zero-order valence-electron chi connectivity index (χ0n) is 15.7. The summed E-state index contributed by atoms with van der Waals surface area (Å²) in [5.41, 5.74) is 1.70. The molecule has 0 bridgehead atoms. The second-order valence-corrected chi connectivity index (χ2v) is 7.25. The maximum atomic E-state index is 12.3. The van der Waals surface area contributed by atoms with E-state index >= 15 is 0 Å². The SMILES string of the molecule is CC(C)CC1NC(=O)N(CC(=O)Nc2ccc(N3CCOCC3)cc2)C1=O. The Morgan fingerprint density at radius 1 is 1.22 bits per heavy atom. The van der Waals surface area contributed by atoms with E-state index in [1.165, 1.54) is 0 Å². The minimum Gasteiger partial charge on any atom is -0.378 e. The van der Waals surface area contributed by atoms with E-state index in [1.807, 2.05) is 38.1 Å². The minimum atomic E-state index is -0.543. The first-order valence-corrected chi connectivity index (χ1v) is 9.28. The van der Waals surface area contributed by atoms with Crippen LogP contribution in [0.25, 0.3) is 0 Å². The van der Waals surface area contributed by atoms with Gasteiger partial charge in [0, 0.05) is 24.5 Å². The normalized spacial score (nSPS) is 20.2. The smallest absolute Gasteiger partial charge is 0.325 e. The molecule has 4 amide bonds. The number of urea groups is 1. The molecule has 2 fully saturated rings. The van der Waals surface area contributed by atoms with Gasteiger partial charge in [-0.2, -0.15) is 0 Å². The van der Waals surface area contributed by atoms with Crippen molar-refractivity contribution in [2.45, 2.75) is 26.3 Å². The van der Waals surface area contributed by atoms with Gasteiger partial charge in [0.15, 0.2) is 0 Å². The van der Waals surface area contributed by atoms with E-state index in [9.17, 15) is 14.4 Å². The van der Waals surface area contributed by atoms with Crippen LogP contribution in [0.1, 0.15) is 20.3 Å². The van der Waals surface area contributed by atoms with Gasteiger partial charge in [-0.15, -0.1) is 0 Å². The number of hydrogen-bond donors (Lipinski definition) is 2. The number of hydrogen-bond acceptors (Lipinski definition) is 5. The van der Waals surface area contributed by atoms with Crippen molar-refractivity contribution in [3.8, 4) is 0 Å². The first-order valence-electron chi connectivity index (χ1n) is 9.28. The van der Waals surface area contributed by atoms with Crippen LogP contribution in [0.2, 0.25) is 0 Å². The molecule has 1 aromatic carbocycles. The van der Waals surface area contributed by atoms with Gasteiger partial charge in [-0.1, -0.05) is 13.8 Å². The highest BCUT2D eigenvalue weighted by molar-refractivity contribution is 6.07. The van der Waals surface area contributed by atoms with Crippen molar-refractivity contribution in [2.75, 3.05) is 43.1 Å². The second-order valence-electron chi connectivity index (χ2n) is 7.25. The standard InChI is InChI=1S/C19H26N4O4/c1-13(2)11-16-18(25)23(19(26)21-16)12-17(24)20-14-3-5-15(6-4-14)22-7-9-27-10-8-22/h3-6,13,16H,7-12H2,1-2H3,(H,20,24)(H,21,26). The fourth-order valence-electron chi connectivity index (χ4n) is 3.28. The Balaban J connectivity index is 1.54. The predicted molar refractivity (Wildman–Crippen MR) is 102 cm³/mol. The lowest BCUT2D eigenvalue weighted by Crippen LogP contribution is -2.38. The summed E-state index contributed by atoms with van der Waals surface area (Å²) in [6, 6.07) is 6.45. The molecule has 2 aliphatic rings. The third kappa shape index (κ3) is 4.77. The van der Waals surface area contributed by atoms with Crippen LogP contribution in [0.15, 0.2) is 24.3 Å². The summed E-state index contributed by atoms with van der Waals surface area (Å²) in [6.07, 6.45) is 0.561. The van der Waals surface area contributed by atoms with Gasteiger partial charge in [0.2, 0.25) is 5.91 Å². The fraction of sp³-hybridized carbons (Fsp3) is 0.526. The number of ether oxygens (including phenoxy) is 1. The Labute approximate surface area is 158 Å². The van der Waals surface area contributed by atoms with E-state index in [-0.39, 0.29) is 18.4 Å². The lowest BCUT2D eigenvalue weighted by Gasteiger charge is -2.28. The van der Waals surface area contributed by atoms with Crippen LogP contribution in [0.3, 0.4) is 0 Å². The molecule has 146 valence electrons. The van der Waals surface area contributed by atoms with E-state index in [4.69, 9.17) is 4.74 Å². The van der Waals surface area contributed by atoms with Gasteiger partial charge in [-0.3, -0.25) is 14.5 Å². The molecule has 1 unspecified atom stereocenters. The summed E-state index contributed by atoms with van der Waals surface area (Å²) in [4.78, 5) is 39.7. The number of rotatable bonds is 6. The van der Waals surface area contributed by atoms with Crippen LogP contribution in [-0.4, -0.2) is 61.6 Å². The molecule has 8 nitrogen and oxygen atoms in total. The third-order valence-electron chi connectivity index (χ3n) is 4.64. The maximum Gasteiger partial charge on any atom is 0.325 e. The number of benzene rings is 1. The van der Waals surface area contributed by atoms with Crippen LogP contribution < -0.4 is 15.5 Å². The first-order chi connectivity index (χ1) is 12.9. The van der Waals surface area contributed by atoms with Crippen LogP contribution in [0.4, 0.5) is 16.2 Å². The molecular weight excluding hydrogens is 348 g/mol. The molecule has 0 saturated carbocycles. The number of morpholine rings is 1. The highest BCUT2D eigenvalue weighted by Crippen LogP contribution is 2.19. The Kier molecular flexibility index (Phi) is 5.95. The van der Waals surface area contributed by atoms with Crippen LogP contribution in [0, 0.1) is 5.92 Å². The maximum absolute atomic E-state index is 12.3.